The van der Waals surface area contributed by atoms with Crippen LogP contribution in [-0.4, -0.2) is 56.3 Å². The average Bonchev–Trinajstić information content (AvgIpc) is 2.97. The molecule has 0 bridgehead atoms. The van der Waals surface area contributed by atoms with Crippen molar-refractivity contribution in [2.75, 3.05) is 45.3 Å². The van der Waals surface area contributed by atoms with Crippen molar-refractivity contribution in [3.8, 4) is 0 Å². The molecule has 2 saturated heterocycles. The molecule has 0 amide bonds. The summed E-state index contributed by atoms with van der Waals surface area (Å²) >= 11 is 0. The number of hydrogen-bond acceptors (Lipinski definition) is 4. The summed E-state index contributed by atoms with van der Waals surface area (Å²) in [5.74, 6) is 0.589. The molecular weight excluding hydrogens is 262 g/mol. The minimum atomic E-state index is 0.589. The summed E-state index contributed by atoms with van der Waals surface area (Å²) in [5.41, 5.74) is 3.66. The van der Waals surface area contributed by atoms with E-state index in [4.69, 9.17) is 9.72 Å². The summed E-state index contributed by atoms with van der Waals surface area (Å²) in [7, 11) is 4.20. The van der Waals surface area contributed by atoms with Crippen LogP contribution in [0.1, 0.15) is 36.6 Å². The third-order valence-corrected chi connectivity index (χ3v) is 4.82. The van der Waals surface area contributed by atoms with Crippen LogP contribution in [0, 0.1) is 6.92 Å². The van der Waals surface area contributed by atoms with E-state index in [0.717, 1.165) is 31.5 Å². The third-order valence-electron chi connectivity index (χ3n) is 4.82. The van der Waals surface area contributed by atoms with Crippen molar-refractivity contribution >= 4 is 5.69 Å². The van der Waals surface area contributed by atoms with Crippen LogP contribution in [0.4, 0.5) is 5.69 Å². The van der Waals surface area contributed by atoms with Crippen molar-refractivity contribution in [1.29, 1.82) is 0 Å². The van der Waals surface area contributed by atoms with E-state index in [0.29, 0.717) is 5.92 Å². The van der Waals surface area contributed by atoms with Gasteiger partial charge >= 0.3 is 0 Å². The maximum absolute atomic E-state index is 5.48. The summed E-state index contributed by atoms with van der Waals surface area (Å²) in [6.45, 7) is 6.33. The van der Waals surface area contributed by atoms with E-state index in [9.17, 15) is 0 Å². The molecule has 0 spiro atoms. The van der Waals surface area contributed by atoms with Crippen LogP contribution < -0.4 is 4.90 Å². The third kappa shape index (κ3) is 3.38. The van der Waals surface area contributed by atoms with Gasteiger partial charge in [0.25, 0.3) is 0 Å². The Morgan fingerprint density at radius 1 is 1.19 bits per heavy atom. The number of likely N-dealkylation sites (tertiary alicyclic amines) is 1. The molecule has 4 nitrogen and oxygen atoms in total. The molecule has 2 aliphatic heterocycles. The Morgan fingerprint density at radius 2 is 1.95 bits per heavy atom. The first-order chi connectivity index (χ1) is 10.1. The summed E-state index contributed by atoms with van der Waals surface area (Å²) in [5, 5.41) is 0. The largest absolute Gasteiger partial charge is 0.381 e. The highest BCUT2D eigenvalue weighted by Crippen LogP contribution is 2.31. The first-order valence-electron chi connectivity index (χ1n) is 8.11. The standard InChI is InChI=1S/C17H27N3O/c1-13-10-16(19(2)3)11-17(18-13)14-4-7-20(12-14)15-5-8-21-9-6-15/h10-11,14-15H,4-9,12H2,1-3H3/t14-/m1/s1. The quantitative estimate of drug-likeness (QED) is 0.854. The molecular formula is C17H27N3O. The lowest BCUT2D eigenvalue weighted by Gasteiger charge is -2.31. The second-order valence-corrected chi connectivity index (χ2v) is 6.61. The minimum absolute atomic E-state index is 0.589. The van der Waals surface area contributed by atoms with Gasteiger partial charge in [0, 0.05) is 62.9 Å². The first kappa shape index (κ1) is 14.8. The molecule has 0 saturated carbocycles. The molecule has 1 atom stereocenters. The Balaban J connectivity index is 1.70. The number of ether oxygens (including phenoxy) is 1. The summed E-state index contributed by atoms with van der Waals surface area (Å²) in [6, 6.07) is 5.15. The van der Waals surface area contributed by atoms with Gasteiger partial charge in [0.1, 0.15) is 0 Å². The van der Waals surface area contributed by atoms with Crippen molar-refractivity contribution in [1.82, 2.24) is 9.88 Å². The lowest BCUT2D eigenvalue weighted by atomic mass is 10.0. The first-order valence-corrected chi connectivity index (χ1v) is 8.11. The van der Waals surface area contributed by atoms with Gasteiger partial charge in [-0.15, -0.1) is 0 Å². The fraction of sp³-hybridized carbons (Fsp3) is 0.706. The average molecular weight is 289 g/mol. The molecule has 4 heteroatoms. The molecule has 0 radical (unpaired) electrons. The van der Waals surface area contributed by atoms with Crippen LogP contribution in [-0.2, 0) is 4.74 Å². The van der Waals surface area contributed by atoms with Crippen LogP contribution in [0.3, 0.4) is 0 Å². The maximum Gasteiger partial charge on any atom is 0.0480 e. The predicted molar refractivity (Wildman–Crippen MR) is 86.1 cm³/mol. The van der Waals surface area contributed by atoms with Gasteiger partial charge in [-0.1, -0.05) is 0 Å². The fourth-order valence-corrected chi connectivity index (χ4v) is 3.55. The van der Waals surface area contributed by atoms with Crippen molar-refractivity contribution < 1.29 is 4.74 Å². The highest BCUT2D eigenvalue weighted by Gasteiger charge is 2.30. The normalized spacial score (nSPS) is 24.4. The van der Waals surface area contributed by atoms with Crippen molar-refractivity contribution in [3.05, 3.63) is 23.5 Å². The number of nitrogens with zero attached hydrogens (tertiary/aromatic N) is 3. The molecule has 3 heterocycles. The van der Waals surface area contributed by atoms with Gasteiger partial charge in [-0.3, -0.25) is 9.88 Å². The van der Waals surface area contributed by atoms with Gasteiger partial charge < -0.3 is 9.64 Å². The van der Waals surface area contributed by atoms with Crippen LogP contribution in [0.25, 0.3) is 0 Å². The SMILES string of the molecule is Cc1cc(N(C)C)cc([C@@H]2CCN(C3CCOCC3)C2)n1. The Hall–Kier alpha value is -1.13. The van der Waals surface area contributed by atoms with Crippen LogP contribution in [0.5, 0.6) is 0 Å². The van der Waals surface area contributed by atoms with E-state index < -0.39 is 0 Å². The van der Waals surface area contributed by atoms with Gasteiger partial charge in [-0.25, -0.2) is 0 Å². The lowest BCUT2D eigenvalue weighted by Crippen LogP contribution is -2.37. The zero-order valence-corrected chi connectivity index (χ0v) is 13.5. The molecule has 2 fully saturated rings. The Morgan fingerprint density at radius 3 is 2.67 bits per heavy atom. The Kier molecular flexibility index (Phi) is 4.45. The van der Waals surface area contributed by atoms with Crippen LogP contribution >= 0.6 is 0 Å². The molecule has 2 aliphatic rings. The monoisotopic (exact) mass is 289 g/mol. The van der Waals surface area contributed by atoms with Crippen molar-refractivity contribution in [3.63, 3.8) is 0 Å². The molecule has 116 valence electrons. The number of aromatic nitrogens is 1. The number of aryl methyl sites for hydroxylation is 1. The van der Waals surface area contributed by atoms with E-state index in [2.05, 4.69) is 43.0 Å². The number of pyridine rings is 1. The highest BCUT2D eigenvalue weighted by atomic mass is 16.5. The topological polar surface area (TPSA) is 28.6 Å². The van der Waals surface area contributed by atoms with E-state index in [1.807, 2.05) is 0 Å². The van der Waals surface area contributed by atoms with Gasteiger partial charge in [0.2, 0.25) is 0 Å². The molecule has 1 aromatic heterocycles. The van der Waals surface area contributed by atoms with Crippen molar-refractivity contribution in [2.24, 2.45) is 0 Å². The zero-order valence-electron chi connectivity index (χ0n) is 13.5. The molecule has 0 unspecified atom stereocenters. The lowest BCUT2D eigenvalue weighted by molar-refractivity contribution is 0.0419. The molecule has 21 heavy (non-hydrogen) atoms. The zero-order chi connectivity index (χ0) is 14.8. The number of rotatable bonds is 3. The molecule has 0 N–H and O–H groups in total. The van der Waals surface area contributed by atoms with Crippen LogP contribution in [0.2, 0.25) is 0 Å². The smallest absolute Gasteiger partial charge is 0.0480 e. The second-order valence-electron chi connectivity index (χ2n) is 6.61. The van der Waals surface area contributed by atoms with E-state index >= 15 is 0 Å². The summed E-state index contributed by atoms with van der Waals surface area (Å²) in [6.07, 6.45) is 3.62. The second kappa shape index (κ2) is 6.32. The fourth-order valence-electron chi connectivity index (χ4n) is 3.55. The van der Waals surface area contributed by atoms with E-state index in [-0.39, 0.29) is 0 Å². The van der Waals surface area contributed by atoms with E-state index in [1.54, 1.807) is 0 Å². The summed E-state index contributed by atoms with van der Waals surface area (Å²) < 4.78 is 5.48. The number of hydrogen-bond donors (Lipinski definition) is 0. The molecule has 1 aromatic rings. The van der Waals surface area contributed by atoms with Gasteiger partial charge in [-0.2, -0.15) is 0 Å². The van der Waals surface area contributed by atoms with E-state index in [1.165, 1.54) is 37.2 Å². The predicted octanol–water partition coefficient (Wildman–Crippen LogP) is 2.42. The minimum Gasteiger partial charge on any atom is -0.381 e. The Labute approximate surface area is 128 Å². The van der Waals surface area contributed by atoms with Crippen LogP contribution in [0.15, 0.2) is 12.1 Å². The Bertz CT molecular complexity index is 483. The van der Waals surface area contributed by atoms with Gasteiger partial charge in [-0.05, 0) is 44.9 Å². The highest BCUT2D eigenvalue weighted by molar-refractivity contribution is 5.47. The van der Waals surface area contributed by atoms with Gasteiger partial charge in [0.05, 0.1) is 0 Å². The summed E-state index contributed by atoms with van der Waals surface area (Å²) in [4.78, 5) is 9.63. The van der Waals surface area contributed by atoms with Crippen molar-refractivity contribution in [2.45, 2.75) is 38.1 Å². The molecule has 3 rings (SSSR count). The maximum atomic E-state index is 5.48. The van der Waals surface area contributed by atoms with Gasteiger partial charge in [0.15, 0.2) is 0 Å². The molecule has 0 aromatic carbocycles. The number of anilines is 1. The molecule has 0 aliphatic carbocycles.